The summed E-state index contributed by atoms with van der Waals surface area (Å²) in [7, 11) is 1.79. The Bertz CT molecular complexity index is 790. The second kappa shape index (κ2) is 9.25. The van der Waals surface area contributed by atoms with Crippen molar-refractivity contribution in [3.63, 3.8) is 0 Å². The molecule has 0 radical (unpaired) electrons. The first kappa shape index (κ1) is 22.7. The van der Waals surface area contributed by atoms with Gasteiger partial charge in [0.15, 0.2) is 0 Å². The van der Waals surface area contributed by atoms with E-state index in [1.807, 2.05) is 12.1 Å². The number of fused-ring (bicyclic) bond motifs is 1. The minimum Gasteiger partial charge on any atom is -0.543 e. The Kier molecular flexibility index (Phi) is 7.77. The van der Waals surface area contributed by atoms with Gasteiger partial charge in [0.2, 0.25) is 5.91 Å². The van der Waals surface area contributed by atoms with Crippen LogP contribution in [0.2, 0.25) is 0 Å². The Labute approximate surface area is 192 Å². The van der Waals surface area contributed by atoms with E-state index in [0.717, 1.165) is 0 Å². The van der Waals surface area contributed by atoms with E-state index in [1.165, 1.54) is 35.3 Å². The van der Waals surface area contributed by atoms with E-state index in [9.17, 15) is 19.8 Å². The van der Waals surface area contributed by atoms with E-state index in [0.29, 0.717) is 20.8 Å². The summed E-state index contributed by atoms with van der Waals surface area (Å²) in [5.41, 5.74) is -0.113. The van der Waals surface area contributed by atoms with Crippen molar-refractivity contribution in [3.05, 3.63) is 35.0 Å². The molecule has 0 saturated carbocycles. The standard InChI is InChI=1S/C16H17N3O4S3.Na/c1-8(20)11-13(21)19-12(15(22)23)9(26-14(11)19)7-25-16(24)18(2)10-5-3-4-6-17-10;/h3-6,8,11,14,20H,7H2,1-2H3,(H,22,23);/q;+1/p-1/t8-,11+,14-;/m1./s1. The van der Waals surface area contributed by atoms with E-state index >= 15 is 0 Å². The normalized spacial score (nSPS) is 21.9. The van der Waals surface area contributed by atoms with Crippen LogP contribution in [0.3, 0.4) is 0 Å². The number of anilines is 1. The van der Waals surface area contributed by atoms with Crippen molar-refractivity contribution in [2.24, 2.45) is 5.92 Å². The molecule has 1 aromatic rings. The summed E-state index contributed by atoms with van der Waals surface area (Å²) in [4.78, 5) is 31.4. The molecule has 1 N–H and O–H groups in total. The largest absolute Gasteiger partial charge is 1.00 e. The third kappa shape index (κ3) is 4.36. The molecule has 3 heterocycles. The Morgan fingerprint density at radius 2 is 2.26 bits per heavy atom. The van der Waals surface area contributed by atoms with Gasteiger partial charge < -0.3 is 19.9 Å². The van der Waals surface area contributed by atoms with Crippen molar-refractivity contribution >= 4 is 57.8 Å². The summed E-state index contributed by atoms with van der Waals surface area (Å²) in [5.74, 6) is -1.38. The van der Waals surface area contributed by atoms with Crippen molar-refractivity contribution in [2.75, 3.05) is 17.7 Å². The average molecular weight is 434 g/mol. The van der Waals surface area contributed by atoms with Crippen LogP contribution in [0.15, 0.2) is 35.0 Å². The zero-order valence-corrected chi connectivity index (χ0v) is 19.4. The Balaban J connectivity index is 0.00000261. The predicted molar refractivity (Wildman–Crippen MR) is 103 cm³/mol. The van der Waals surface area contributed by atoms with Crippen LogP contribution in [0.25, 0.3) is 0 Å². The third-order valence-corrected chi connectivity index (χ3v) is 7.29. The number of β-lactam (4-membered cyclic amide) rings is 1. The fraction of sp³-hybridized carbons (Fsp3) is 0.375. The van der Waals surface area contributed by atoms with Gasteiger partial charge >= 0.3 is 29.6 Å². The zero-order valence-electron chi connectivity index (χ0n) is 15.0. The zero-order chi connectivity index (χ0) is 19.0. The molecule has 2 aliphatic rings. The van der Waals surface area contributed by atoms with Gasteiger partial charge in [0.25, 0.3) is 0 Å². The number of rotatable bonds is 5. The molecule has 138 valence electrons. The number of aromatic nitrogens is 1. The smallest absolute Gasteiger partial charge is 0.543 e. The summed E-state index contributed by atoms with van der Waals surface area (Å²) in [6.07, 6.45) is 0.831. The average Bonchev–Trinajstić information content (AvgIpc) is 2.93. The summed E-state index contributed by atoms with van der Waals surface area (Å²) in [5, 5.41) is 20.9. The van der Waals surface area contributed by atoms with Gasteiger partial charge in [-0.25, -0.2) is 4.98 Å². The first-order chi connectivity index (χ1) is 12.3. The fourth-order valence-corrected chi connectivity index (χ4v) is 5.60. The summed E-state index contributed by atoms with van der Waals surface area (Å²) in [6, 6.07) is 5.47. The van der Waals surface area contributed by atoms with Crippen molar-refractivity contribution in [1.29, 1.82) is 0 Å². The molecular formula is C16H16N3NaO4S3. The molecule has 0 aliphatic carbocycles. The second-order valence-corrected chi connectivity index (χ2v) is 8.66. The van der Waals surface area contributed by atoms with Crippen molar-refractivity contribution in [3.8, 4) is 0 Å². The van der Waals surface area contributed by atoms with Crippen LogP contribution in [0.4, 0.5) is 5.82 Å². The maximum absolute atomic E-state index is 12.2. The molecule has 11 heteroatoms. The van der Waals surface area contributed by atoms with Crippen molar-refractivity contribution in [2.45, 2.75) is 18.4 Å². The van der Waals surface area contributed by atoms with Crippen LogP contribution in [0.5, 0.6) is 0 Å². The van der Waals surface area contributed by atoms with Gasteiger partial charge in [0, 0.05) is 23.9 Å². The molecule has 1 saturated heterocycles. The number of aliphatic hydroxyl groups is 1. The Hall–Kier alpha value is -0.620. The number of carboxylic acid groups (broad SMARTS) is 1. The van der Waals surface area contributed by atoms with E-state index in [-0.39, 0.29) is 41.2 Å². The van der Waals surface area contributed by atoms with Gasteiger partial charge in [0.1, 0.15) is 15.5 Å². The molecule has 27 heavy (non-hydrogen) atoms. The number of hydrogen-bond donors (Lipinski definition) is 1. The van der Waals surface area contributed by atoms with Gasteiger partial charge in [-0.2, -0.15) is 0 Å². The summed E-state index contributed by atoms with van der Waals surface area (Å²) >= 11 is 7.96. The molecule has 0 bridgehead atoms. The number of amides is 1. The minimum absolute atomic E-state index is 0. The number of aliphatic carboxylic acids is 1. The fourth-order valence-electron chi connectivity index (χ4n) is 2.81. The maximum atomic E-state index is 12.2. The third-order valence-electron chi connectivity index (χ3n) is 4.16. The number of carbonyl (C=O) groups excluding carboxylic acids is 2. The van der Waals surface area contributed by atoms with Gasteiger partial charge in [-0.05, 0) is 19.1 Å². The summed E-state index contributed by atoms with van der Waals surface area (Å²) < 4.78 is 0.530. The topological polar surface area (TPSA) is 96.8 Å². The number of carbonyl (C=O) groups is 2. The first-order valence-electron chi connectivity index (χ1n) is 7.76. The van der Waals surface area contributed by atoms with Crippen molar-refractivity contribution < 1.29 is 49.4 Å². The molecule has 2 aliphatic heterocycles. The van der Waals surface area contributed by atoms with Gasteiger partial charge in [0.05, 0.1) is 23.7 Å². The molecule has 3 rings (SSSR count). The number of aliphatic hydroxyl groups excluding tert-OH is 1. The number of thiocarbonyl (C=S) groups is 1. The van der Waals surface area contributed by atoms with Gasteiger partial charge in [-0.3, -0.25) is 9.69 Å². The van der Waals surface area contributed by atoms with Crippen LogP contribution in [0.1, 0.15) is 6.92 Å². The number of pyridine rings is 1. The summed E-state index contributed by atoms with van der Waals surface area (Å²) in [6.45, 7) is 1.53. The van der Waals surface area contributed by atoms with E-state index in [2.05, 4.69) is 4.98 Å². The van der Waals surface area contributed by atoms with E-state index in [4.69, 9.17) is 12.2 Å². The minimum atomic E-state index is -1.39. The molecule has 1 fully saturated rings. The van der Waals surface area contributed by atoms with Crippen LogP contribution >= 0.6 is 35.7 Å². The number of thioether (sulfide) groups is 2. The van der Waals surface area contributed by atoms with Crippen LogP contribution < -0.4 is 39.6 Å². The maximum Gasteiger partial charge on any atom is 1.00 e. The molecule has 1 amide bonds. The molecule has 0 aromatic carbocycles. The van der Waals surface area contributed by atoms with Crippen LogP contribution in [-0.4, -0.2) is 55.5 Å². The van der Waals surface area contributed by atoms with E-state index in [1.54, 1.807) is 24.2 Å². The van der Waals surface area contributed by atoms with Crippen molar-refractivity contribution in [1.82, 2.24) is 9.88 Å². The monoisotopic (exact) mass is 433 g/mol. The number of hydrogen-bond acceptors (Lipinski definition) is 8. The Morgan fingerprint density at radius 3 is 2.81 bits per heavy atom. The van der Waals surface area contributed by atoms with E-state index < -0.39 is 23.4 Å². The Morgan fingerprint density at radius 1 is 1.56 bits per heavy atom. The molecular weight excluding hydrogens is 417 g/mol. The number of carboxylic acids is 1. The molecule has 0 unspecified atom stereocenters. The molecule has 3 atom stereocenters. The predicted octanol–water partition coefficient (Wildman–Crippen LogP) is -2.59. The second-order valence-electron chi connectivity index (χ2n) is 5.84. The molecule has 1 aromatic heterocycles. The van der Waals surface area contributed by atoms with Gasteiger partial charge in [-0.1, -0.05) is 30.0 Å². The van der Waals surface area contributed by atoms with Crippen LogP contribution in [0, 0.1) is 5.92 Å². The number of nitrogens with zero attached hydrogens (tertiary/aromatic N) is 3. The quantitative estimate of drug-likeness (QED) is 0.305. The SMILES string of the molecule is C[C@@H](O)[C@H]1C(=O)N2C(C(=O)[O-])=C(CSC(=S)N(C)c3ccccn3)S[C@H]12.[Na+]. The molecule has 7 nitrogen and oxygen atoms in total. The van der Waals surface area contributed by atoms with Crippen LogP contribution in [-0.2, 0) is 9.59 Å². The van der Waals surface area contributed by atoms with Gasteiger partial charge in [-0.15, -0.1) is 11.8 Å². The molecule has 0 spiro atoms. The first-order valence-corrected chi connectivity index (χ1v) is 10.0.